The topological polar surface area (TPSA) is 115 Å². The van der Waals surface area contributed by atoms with Gasteiger partial charge in [0.05, 0.1) is 42.6 Å². The number of morpholine rings is 2. The van der Waals surface area contributed by atoms with Crippen LogP contribution >= 0.6 is 0 Å². The number of anilines is 1. The lowest BCUT2D eigenvalue weighted by molar-refractivity contribution is -0.141. The Hall–Kier alpha value is -4.03. The van der Waals surface area contributed by atoms with Crippen molar-refractivity contribution in [3.05, 3.63) is 30.5 Å². The molecule has 4 heterocycles. The zero-order chi connectivity index (χ0) is 27.9. The summed E-state index contributed by atoms with van der Waals surface area (Å²) in [6.07, 6.45) is -2.84. The standard InChI is InChI=1S/C25H26F3N7O4/c1-24(2,3)39-23(37)34-11-17-9-33(10-18(12-34)38-17)21-19-8-30-35(13-25(26,27)28)22(19)32-20(31-21)15-4-6-16(7-5-15)29-14-36/h4-8,17-18H,9-13H2,1-3H3. The van der Waals surface area contributed by atoms with Crippen LogP contribution in [0.5, 0.6) is 0 Å². The lowest BCUT2D eigenvalue weighted by Crippen LogP contribution is -2.61. The second-order valence-electron chi connectivity index (χ2n) is 10.4. The fraction of sp³-hybridized carbons (Fsp3) is 0.480. The fourth-order valence-corrected chi connectivity index (χ4v) is 4.67. The number of isocyanates is 1. The Labute approximate surface area is 221 Å². The van der Waals surface area contributed by atoms with Crippen LogP contribution in [-0.2, 0) is 20.8 Å². The van der Waals surface area contributed by atoms with Crippen molar-refractivity contribution in [1.82, 2.24) is 24.6 Å². The molecule has 2 atom stereocenters. The number of alkyl halides is 3. The van der Waals surface area contributed by atoms with Gasteiger partial charge in [-0.05, 0) is 45.0 Å². The van der Waals surface area contributed by atoms with Gasteiger partial charge in [0.1, 0.15) is 18.0 Å². The Morgan fingerprint density at radius 2 is 1.77 bits per heavy atom. The molecule has 2 aliphatic rings. The quantitative estimate of drug-likeness (QED) is 0.359. The summed E-state index contributed by atoms with van der Waals surface area (Å²) in [4.78, 5) is 39.4. The Morgan fingerprint density at radius 3 is 2.36 bits per heavy atom. The Kier molecular flexibility index (Phi) is 6.77. The van der Waals surface area contributed by atoms with Gasteiger partial charge in [-0.3, -0.25) is 0 Å². The van der Waals surface area contributed by atoms with Crippen molar-refractivity contribution in [3.8, 4) is 11.4 Å². The van der Waals surface area contributed by atoms with Gasteiger partial charge >= 0.3 is 12.3 Å². The molecule has 0 aliphatic carbocycles. The highest BCUT2D eigenvalue weighted by Crippen LogP contribution is 2.32. The maximum atomic E-state index is 13.3. The van der Waals surface area contributed by atoms with E-state index < -0.39 is 24.4 Å². The number of amides is 1. The molecular weight excluding hydrogens is 519 g/mol. The van der Waals surface area contributed by atoms with Crippen molar-refractivity contribution in [2.45, 2.75) is 51.3 Å². The third-order valence-electron chi connectivity index (χ3n) is 6.14. The number of rotatable bonds is 4. The van der Waals surface area contributed by atoms with E-state index in [-0.39, 0.29) is 23.7 Å². The van der Waals surface area contributed by atoms with E-state index in [2.05, 4.69) is 15.1 Å². The smallest absolute Gasteiger partial charge is 0.410 e. The molecule has 5 rings (SSSR count). The van der Waals surface area contributed by atoms with Crippen LogP contribution in [-0.4, -0.2) is 87.0 Å². The molecule has 2 aliphatic heterocycles. The average molecular weight is 546 g/mol. The van der Waals surface area contributed by atoms with Crippen LogP contribution in [0.4, 0.5) is 29.5 Å². The van der Waals surface area contributed by atoms with Crippen molar-refractivity contribution < 1.29 is 32.2 Å². The van der Waals surface area contributed by atoms with Crippen LogP contribution in [0, 0.1) is 0 Å². The lowest BCUT2D eigenvalue weighted by Gasteiger charge is -2.46. The molecule has 14 heteroatoms. The van der Waals surface area contributed by atoms with Crippen LogP contribution in [0.2, 0.25) is 0 Å². The van der Waals surface area contributed by atoms with Crippen LogP contribution in [0.15, 0.2) is 35.5 Å². The van der Waals surface area contributed by atoms with Crippen LogP contribution in [0.1, 0.15) is 20.8 Å². The van der Waals surface area contributed by atoms with Crippen molar-refractivity contribution in [2.24, 2.45) is 4.99 Å². The molecule has 3 aromatic rings. The first-order valence-electron chi connectivity index (χ1n) is 12.3. The molecule has 0 spiro atoms. The number of benzene rings is 1. The molecule has 0 radical (unpaired) electrons. The van der Waals surface area contributed by atoms with Crippen molar-refractivity contribution in [1.29, 1.82) is 0 Å². The first kappa shape index (κ1) is 26.6. The molecule has 39 heavy (non-hydrogen) atoms. The Balaban J connectivity index is 1.49. The minimum Gasteiger partial charge on any atom is -0.444 e. The maximum absolute atomic E-state index is 13.3. The number of carbonyl (C=O) groups excluding carboxylic acids is 2. The van der Waals surface area contributed by atoms with E-state index >= 15 is 0 Å². The summed E-state index contributed by atoms with van der Waals surface area (Å²) in [5.41, 5.74) is 0.294. The average Bonchev–Trinajstić information content (AvgIpc) is 3.23. The van der Waals surface area contributed by atoms with Crippen molar-refractivity contribution >= 4 is 34.7 Å². The first-order valence-corrected chi connectivity index (χ1v) is 12.3. The third-order valence-corrected chi connectivity index (χ3v) is 6.14. The van der Waals surface area contributed by atoms with Gasteiger partial charge in [-0.1, -0.05) is 0 Å². The molecule has 2 aromatic heterocycles. The van der Waals surface area contributed by atoms with Gasteiger partial charge in [0.15, 0.2) is 11.5 Å². The highest BCUT2D eigenvalue weighted by molar-refractivity contribution is 5.89. The zero-order valence-corrected chi connectivity index (χ0v) is 21.5. The summed E-state index contributed by atoms with van der Waals surface area (Å²) >= 11 is 0. The van der Waals surface area contributed by atoms with E-state index in [0.717, 1.165) is 4.68 Å². The molecule has 0 N–H and O–H groups in total. The zero-order valence-electron chi connectivity index (χ0n) is 21.5. The number of aromatic nitrogens is 4. The normalized spacial score (nSPS) is 19.6. The van der Waals surface area contributed by atoms with E-state index in [1.165, 1.54) is 12.3 Å². The molecule has 1 amide bonds. The minimum atomic E-state index is -4.50. The molecule has 206 valence electrons. The minimum absolute atomic E-state index is 0.0364. The van der Waals surface area contributed by atoms with Gasteiger partial charge < -0.3 is 19.3 Å². The fourth-order valence-electron chi connectivity index (χ4n) is 4.67. The number of halogens is 3. The number of nitrogens with zero attached hydrogens (tertiary/aromatic N) is 7. The van der Waals surface area contributed by atoms with Gasteiger partial charge in [-0.25, -0.2) is 24.2 Å². The van der Waals surface area contributed by atoms with Gasteiger partial charge in [0.2, 0.25) is 6.08 Å². The highest BCUT2D eigenvalue weighted by Gasteiger charge is 2.39. The summed E-state index contributed by atoms with van der Waals surface area (Å²) in [6, 6.07) is 6.37. The predicted molar refractivity (Wildman–Crippen MR) is 133 cm³/mol. The Bertz CT molecular complexity index is 1410. The first-order chi connectivity index (χ1) is 18.4. The molecule has 0 saturated carbocycles. The third kappa shape index (κ3) is 6.02. The summed E-state index contributed by atoms with van der Waals surface area (Å²) in [7, 11) is 0. The van der Waals surface area contributed by atoms with E-state index in [0.29, 0.717) is 48.6 Å². The summed E-state index contributed by atoms with van der Waals surface area (Å²) < 4.78 is 52.3. The van der Waals surface area contributed by atoms with Gasteiger partial charge in [-0.15, -0.1) is 0 Å². The monoisotopic (exact) mass is 545 g/mol. The number of fused-ring (bicyclic) bond motifs is 3. The predicted octanol–water partition coefficient (Wildman–Crippen LogP) is 3.85. The maximum Gasteiger partial charge on any atom is 0.410 e. The largest absolute Gasteiger partial charge is 0.444 e. The van der Waals surface area contributed by atoms with Crippen molar-refractivity contribution in [2.75, 3.05) is 31.1 Å². The molecule has 2 unspecified atom stereocenters. The SMILES string of the molecule is CC(C)(C)OC(=O)N1CC2CN(c3nc(-c4ccc(N=C=O)cc4)nc4c3cnn4CC(F)(F)F)CC(C1)O2. The molecule has 2 fully saturated rings. The molecular formula is C25H26F3N7O4. The number of hydrogen-bond donors (Lipinski definition) is 0. The summed E-state index contributed by atoms with van der Waals surface area (Å²) in [6.45, 7) is 5.38. The Morgan fingerprint density at radius 1 is 1.10 bits per heavy atom. The molecule has 2 saturated heterocycles. The number of hydrogen-bond acceptors (Lipinski definition) is 9. The van der Waals surface area contributed by atoms with Gasteiger partial charge in [0.25, 0.3) is 0 Å². The number of carbonyl (C=O) groups is 1. The van der Waals surface area contributed by atoms with Crippen LogP contribution < -0.4 is 4.90 Å². The lowest BCUT2D eigenvalue weighted by atomic mass is 10.1. The number of aliphatic imine (C=N–C) groups is 1. The second-order valence-corrected chi connectivity index (χ2v) is 10.4. The summed E-state index contributed by atoms with van der Waals surface area (Å²) in [5, 5.41) is 4.33. The summed E-state index contributed by atoms with van der Waals surface area (Å²) in [5.74, 6) is 0.609. The van der Waals surface area contributed by atoms with Gasteiger partial charge in [0, 0.05) is 18.7 Å². The molecule has 11 nitrogen and oxygen atoms in total. The van der Waals surface area contributed by atoms with E-state index in [9.17, 15) is 22.8 Å². The highest BCUT2D eigenvalue weighted by atomic mass is 19.4. The van der Waals surface area contributed by atoms with Crippen LogP contribution in [0.3, 0.4) is 0 Å². The van der Waals surface area contributed by atoms with Crippen LogP contribution in [0.25, 0.3) is 22.4 Å². The van der Waals surface area contributed by atoms with Crippen molar-refractivity contribution in [3.63, 3.8) is 0 Å². The number of ether oxygens (including phenoxy) is 2. The van der Waals surface area contributed by atoms with Gasteiger partial charge in [-0.2, -0.15) is 23.3 Å². The van der Waals surface area contributed by atoms with E-state index in [1.54, 1.807) is 49.9 Å². The van der Waals surface area contributed by atoms with E-state index in [1.807, 2.05) is 4.90 Å². The van der Waals surface area contributed by atoms with E-state index in [4.69, 9.17) is 14.5 Å². The molecule has 1 aromatic carbocycles. The second kappa shape index (κ2) is 9.93. The molecule has 2 bridgehead atoms.